The minimum Gasteiger partial charge on any atom is -0.491 e. The molecule has 0 aliphatic carbocycles. The molecular weight excluding hydrogens is 376 g/mol. The van der Waals surface area contributed by atoms with Crippen molar-refractivity contribution < 1.29 is 14.3 Å². The molecule has 0 amide bonds. The molecule has 2 heterocycles. The van der Waals surface area contributed by atoms with Crippen molar-refractivity contribution in [2.45, 2.75) is 39.1 Å². The maximum atomic E-state index is 10.5. The van der Waals surface area contributed by atoms with E-state index in [0.717, 1.165) is 48.9 Å². The Morgan fingerprint density at radius 1 is 1.07 bits per heavy atom. The molecule has 0 saturated heterocycles. The highest BCUT2D eigenvalue weighted by Gasteiger charge is 2.18. The van der Waals surface area contributed by atoms with Crippen LogP contribution in [0.15, 0.2) is 65.1 Å². The normalized spacial score (nSPS) is 15.0. The molecule has 5 heteroatoms. The van der Waals surface area contributed by atoms with Gasteiger partial charge in [0.15, 0.2) is 0 Å². The molecule has 2 aromatic carbocycles. The molecule has 5 nitrogen and oxygen atoms in total. The lowest BCUT2D eigenvalue weighted by atomic mass is 10.00. The molecule has 0 radical (unpaired) electrons. The van der Waals surface area contributed by atoms with Gasteiger partial charge in [0.1, 0.15) is 30.0 Å². The minimum absolute atomic E-state index is 0.292. The first kappa shape index (κ1) is 20.7. The first-order chi connectivity index (χ1) is 14.7. The average molecular weight is 407 g/mol. The van der Waals surface area contributed by atoms with Crippen LogP contribution in [-0.4, -0.2) is 35.8 Å². The van der Waals surface area contributed by atoms with E-state index >= 15 is 0 Å². The number of aryl methyl sites for hydroxylation is 1. The topological polar surface area (TPSA) is 57.9 Å². The molecule has 30 heavy (non-hydrogen) atoms. The standard InChI is InChI=1S/C25H30N2O3/c1-19-9-10-25(30-19)15-26-14-20-5-4-8-24(13-20)29-18-23(28)17-27-12-11-21-6-2-3-7-22(21)16-27/h2-10,13,23,26,28H,11-12,14-18H2,1H3. The van der Waals surface area contributed by atoms with Crippen molar-refractivity contribution in [2.24, 2.45) is 0 Å². The summed E-state index contributed by atoms with van der Waals surface area (Å²) in [6.07, 6.45) is 0.523. The smallest absolute Gasteiger partial charge is 0.119 e. The van der Waals surface area contributed by atoms with Gasteiger partial charge in [-0.25, -0.2) is 0 Å². The van der Waals surface area contributed by atoms with Gasteiger partial charge in [0, 0.05) is 26.2 Å². The number of aliphatic hydroxyl groups excluding tert-OH is 1. The summed E-state index contributed by atoms with van der Waals surface area (Å²) in [5.41, 5.74) is 3.92. The Bertz CT molecular complexity index is 953. The Morgan fingerprint density at radius 2 is 1.93 bits per heavy atom. The van der Waals surface area contributed by atoms with Crippen molar-refractivity contribution in [3.05, 3.63) is 88.9 Å². The van der Waals surface area contributed by atoms with Crippen LogP contribution in [0.1, 0.15) is 28.2 Å². The largest absolute Gasteiger partial charge is 0.491 e. The van der Waals surface area contributed by atoms with Crippen molar-refractivity contribution in [3.63, 3.8) is 0 Å². The second-order valence-corrected chi connectivity index (χ2v) is 7.98. The van der Waals surface area contributed by atoms with Gasteiger partial charge in [0.25, 0.3) is 0 Å². The van der Waals surface area contributed by atoms with Crippen molar-refractivity contribution in [1.82, 2.24) is 10.2 Å². The molecule has 1 atom stereocenters. The highest BCUT2D eigenvalue weighted by atomic mass is 16.5. The summed E-state index contributed by atoms with van der Waals surface area (Å²) in [6.45, 7) is 6.15. The number of benzene rings is 2. The third-order valence-electron chi connectivity index (χ3n) is 5.44. The summed E-state index contributed by atoms with van der Waals surface area (Å²) in [7, 11) is 0. The Kier molecular flexibility index (Phi) is 6.84. The van der Waals surface area contributed by atoms with Gasteiger partial charge >= 0.3 is 0 Å². The van der Waals surface area contributed by atoms with Gasteiger partial charge in [-0.2, -0.15) is 0 Å². The summed E-state index contributed by atoms with van der Waals surface area (Å²) in [5, 5.41) is 13.8. The van der Waals surface area contributed by atoms with Crippen LogP contribution in [0, 0.1) is 6.92 Å². The monoisotopic (exact) mass is 406 g/mol. The molecule has 1 aliphatic heterocycles. The number of nitrogens with zero attached hydrogens (tertiary/aromatic N) is 1. The fraction of sp³-hybridized carbons (Fsp3) is 0.360. The van der Waals surface area contributed by atoms with Crippen LogP contribution < -0.4 is 10.1 Å². The fourth-order valence-corrected chi connectivity index (χ4v) is 3.91. The summed E-state index contributed by atoms with van der Waals surface area (Å²) < 4.78 is 11.4. The van der Waals surface area contributed by atoms with E-state index in [0.29, 0.717) is 19.7 Å². The van der Waals surface area contributed by atoms with E-state index in [2.05, 4.69) is 40.5 Å². The lowest BCUT2D eigenvalue weighted by Crippen LogP contribution is -2.38. The SMILES string of the molecule is Cc1ccc(CNCc2cccc(OCC(O)CN3CCc4ccccc4C3)c2)o1. The number of hydrogen-bond donors (Lipinski definition) is 2. The number of furan rings is 1. The molecule has 4 rings (SSSR count). The average Bonchev–Trinajstić information content (AvgIpc) is 3.17. The van der Waals surface area contributed by atoms with Crippen LogP contribution >= 0.6 is 0 Å². The number of nitrogens with one attached hydrogen (secondary N) is 1. The van der Waals surface area contributed by atoms with E-state index in [-0.39, 0.29) is 0 Å². The molecule has 0 saturated carbocycles. The molecule has 158 valence electrons. The van der Waals surface area contributed by atoms with Crippen molar-refractivity contribution in [3.8, 4) is 5.75 Å². The summed E-state index contributed by atoms with van der Waals surface area (Å²) in [5.74, 6) is 2.64. The predicted molar refractivity (Wildman–Crippen MR) is 117 cm³/mol. The Morgan fingerprint density at radius 3 is 2.77 bits per heavy atom. The Hall–Kier alpha value is -2.60. The van der Waals surface area contributed by atoms with E-state index in [9.17, 15) is 5.11 Å². The highest BCUT2D eigenvalue weighted by molar-refractivity contribution is 5.29. The van der Waals surface area contributed by atoms with E-state index < -0.39 is 6.10 Å². The molecular formula is C25H30N2O3. The number of ether oxygens (including phenoxy) is 1. The zero-order valence-corrected chi connectivity index (χ0v) is 17.5. The number of aliphatic hydroxyl groups is 1. The van der Waals surface area contributed by atoms with Crippen LogP contribution in [-0.2, 0) is 26.1 Å². The van der Waals surface area contributed by atoms with E-state index in [1.54, 1.807) is 0 Å². The third-order valence-corrected chi connectivity index (χ3v) is 5.44. The van der Waals surface area contributed by atoms with Gasteiger partial charge in [-0.15, -0.1) is 0 Å². The predicted octanol–water partition coefficient (Wildman–Crippen LogP) is 3.68. The second kappa shape index (κ2) is 9.94. The van der Waals surface area contributed by atoms with E-state index in [4.69, 9.17) is 9.15 Å². The van der Waals surface area contributed by atoms with E-state index in [1.807, 2.05) is 37.3 Å². The molecule has 2 N–H and O–H groups in total. The third kappa shape index (κ3) is 5.72. The van der Waals surface area contributed by atoms with Gasteiger partial charge in [0.05, 0.1) is 6.54 Å². The summed E-state index contributed by atoms with van der Waals surface area (Å²) >= 11 is 0. The van der Waals surface area contributed by atoms with Crippen LogP contribution in [0.4, 0.5) is 0 Å². The van der Waals surface area contributed by atoms with Crippen molar-refractivity contribution >= 4 is 0 Å². The maximum Gasteiger partial charge on any atom is 0.119 e. The highest BCUT2D eigenvalue weighted by Crippen LogP contribution is 2.19. The molecule has 3 aromatic rings. The van der Waals surface area contributed by atoms with Crippen LogP contribution in [0.3, 0.4) is 0 Å². The second-order valence-electron chi connectivity index (χ2n) is 7.98. The number of fused-ring (bicyclic) bond motifs is 1. The van der Waals surface area contributed by atoms with Crippen LogP contribution in [0.2, 0.25) is 0 Å². The van der Waals surface area contributed by atoms with Gasteiger partial charge in [-0.05, 0) is 54.3 Å². The lowest BCUT2D eigenvalue weighted by Gasteiger charge is -2.30. The number of rotatable bonds is 9. The minimum atomic E-state index is -0.515. The Labute approximate surface area is 178 Å². The Balaban J connectivity index is 1.21. The molecule has 0 fully saturated rings. The zero-order valence-electron chi connectivity index (χ0n) is 17.5. The van der Waals surface area contributed by atoms with Crippen molar-refractivity contribution in [2.75, 3.05) is 19.7 Å². The van der Waals surface area contributed by atoms with E-state index in [1.165, 1.54) is 11.1 Å². The quantitative estimate of drug-likeness (QED) is 0.568. The van der Waals surface area contributed by atoms with Gasteiger partial charge in [0.2, 0.25) is 0 Å². The summed E-state index contributed by atoms with van der Waals surface area (Å²) in [6, 6.07) is 20.5. The zero-order chi connectivity index (χ0) is 20.8. The van der Waals surface area contributed by atoms with Crippen LogP contribution in [0.25, 0.3) is 0 Å². The van der Waals surface area contributed by atoms with Gasteiger partial charge in [-0.1, -0.05) is 36.4 Å². The molecule has 0 bridgehead atoms. The molecule has 1 unspecified atom stereocenters. The lowest BCUT2D eigenvalue weighted by molar-refractivity contribution is 0.0637. The molecule has 1 aromatic heterocycles. The van der Waals surface area contributed by atoms with Gasteiger partial charge < -0.3 is 19.6 Å². The number of hydrogen-bond acceptors (Lipinski definition) is 5. The fourth-order valence-electron chi connectivity index (χ4n) is 3.91. The maximum absolute atomic E-state index is 10.5. The number of β-amino-alcohol motifs (C(OH)–C–C–N with tert-alkyl or cyclic N) is 1. The molecule has 0 spiro atoms. The first-order valence-corrected chi connectivity index (χ1v) is 10.6. The van der Waals surface area contributed by atoms with Crippen LogP contribution in [0.5, 0.6) is 5.75 Å². The molecule has 1 aliphatic rings. The van der Waals surface area contributed by atoms with Gasteiger partial charge in [-0.3, -0.25) is 4.90 Å². The summed E-state index contributed by atoms with van der Waals surface area (Å²) in [4.78, 5) is 2.30. The van der Waals surface area contributed by atoms with Crippen molar-refractivity contribution in [1.29, 1.82) is 0 Å². The first-order valence-electron chi connectivity index (χ1n) is 10.6.